The molecule has 0 unspecified atom stereocenters. The third kappa shape index (κ3) is 5.58. The van der Waals surface area contributed by atoms with E-state index in [2.05, 4.69) is 10.6 Å². The highest BCUT2D eigenvalue weighted by Gasteiger charge is 2.03. The molecule has 0 saturated heterocycles. The Kier molecular flexibility index (Phi) is 6.45. The number of amides is 1. The highest BCUT2D eigenvalue weighted by molar-refractivity contribution is 5.91. The van der Waals surface area contributed by atoms with E-state index in [9.17, 15) is 4.79 Å². The van der Waals surface area contributed by atoms with Crippen LogP contribution >= 0.6 is 0 Å². The number of hydrogen-bond donors (Lipinski definition) is 2. The van der Waals surface area contributed by atoms with Gasteiger partial charge in [0, 0.05) is 37.2 Å². The Morgan fingerprint density at radius 2 is 1.68 bits per heavy atom. The molecule has 0 bridgehead atoms. The first-order valence-electron chi connectivity index (χ1n) is 7.49. The van der Waals surface area contributed by atoms with Crippen LogP contribution in [-0.2, 0) is 9.53 Å². The fourth-order valence-electron chi connectivity index (χ4n) is 2.12. The topological polar surface area (TPSA) is 50.4 Å². The number of benzene rings is 2. The average Bonchev–Trinajstić information content (AvgIpc) is 2.53. The van der Waals surface area contributed by atoms with E-state index in [1.807, 2.05) is 54.6 Å². The van der Waals surface area contributed by atoms with Crippen molar-refractivity contribution in [1.29, 1.82) is 0 Å². The summed E-state index contributed by atoms with van der Waals surface area (Å²) < 4.78 is 4.97. The van der Waals surface area contributed by atoms with Crippen LogP contribution in [0.1, 0.15) is 19.3 Å². The maximum atomic E-state index is 11.9. The highest BCUT2D eigenvalue weighted by atomic mass is 16.5. The van der Waals surface area contributed by atoms with Gasteiger partial charge in [-0.1, -0.05) is 24.3 Å². The summed E-state index contributed by atoms with van der Waals surface area (Å²) >= 11 is 0. The lowest BCUT2D eigenvalue weighted by molar-refractivity contribution is -0.116. The molecule has 2 rings (SSSR count). The normalized spacial score (nSPS) is 10.2. The van der Waals surface area contributed by atoms with Crippen LogP contribution in [0.3, 0.4) is 0 Å². The molecule has 0 aliphatic carbocycles. The second kappa shape index (κ2) is 8.85. The van der Waals surface area contributed by atoms with Gasteiger partial charge in [-0.25, -0.2) is 0 Å². The number of carbonyl (C=O) groups excluding carboxylic acids is 1. The molecule has 0 aliphatic rings. The van der Waals surface area contributed by atoms with E-state index in [0.717, 1.165) is 29.9 Å². The molecule has 4 heteroatoms. The van der Waals surface area contributed by atoms with Crippen molar-refractivity contribution in [3.05, 3.63) is 54.6 Å². The molecule has 0 spiro atoms. The molecule has 116 valence electrons. The van der Waals surface area contributed by atoms with Crippen LogP contribution in [0.25, 0.3) is 0 Å². The highest BCUT2D eigenvalue weighted by Crippen LogP contribution is 2.20. The number of unbranched alkanes of at least 4 members (excludes halogenated alkanes) is 1. The van der Waals surface area contributed by atoms with E-state index >= 15 is 0 Å². The van der Waals surface area contributed by atoms with Crippen molar-refractivity contribution in [3.63, 3.8) is 0 Å². The molecule has 2 N–H and O–H groups in total. The van der Waals surface area contributed by atoms with Crippen LogP contribution in [0.15, 0.2) is 54.6 Å². The van der Waals surface area contributed by atoms with E-state index in [0.29, 0.717) is 13.0 Å². The van der Waals surface area contributed by atoms with E-state index in [-0.39, 0.29) is 5.91 Å². The predicted octanol–water partition coefficient (Wildman–Crippen LogP) is 4.19. The van der Waals surface area contributed by atoms with Crippen LogP contribution in [-0.4, -0.2) is 19.6 Å². The zero-order valence-electron chi connectivity index (χ0n) is 12.8. The average molecular weight is 298 g/mol. The fraction of sp³-hybridized carbons (Fsp3) is 0.278. The van der Waals surface area contributed by atoms with Gasteiger partial charge in [-0.05, 0) is 43.2 Å². The van der Waals surface area contributed by atoms with Crippen molar-refractivity contribution in [2.45, 2.75) is 19.3 Å². The first-order chi connectivity index (χ1) is 10.8. The molecule has 4 nitrogen and oxygen atoms in total. The standard InChI is InChI=1S/C18H22N2O2/c1-22-13-6-5-12-18(21)20-17-11-7-10-16(14-17)19-15-8-3-2-4-9-15/h2-4,7-11,14,19H,5-6,12-13H2,1H3,(H,20,21). The Morgan fingerprint density at radius 3 is 2.45 bits per heavy atom. The van der Waals surface area contributed by atoms with Crippen molar-refractivity contribution < 1.29 is 9.53 Å². The molecule has 0 saturated carbocycles. The van der Waals surface area contributed by atoms with E-state index in [1.165, 1.54) is 0 Å². The lowest BCUT2D eigenvalue weighted by atomic mass is 10.2. The molecule has 1 amide bonds. The van der Waals surface area contributed by atoms with Gasteiger partial charge < -0.3 is 15.4 Å². The van der Waals surface area contributed by atoms with Crippen molar-refractivity contribution in [2.24, 2.45) is 0 Å². The molecule has 2 aromatic carbocycles. The molecular weight excluding hydrogens is 276 g/mol. The third-order valence-corrected chi connectivity index (χ3v) is 3.21. The molecule has 22 heavy (non-hydrogen) atoms. The third-order valence-electron chi connectivity index (χ3n) is 3.21. The number of ether oxygens (including phenoxy) is 1. The van der Waals surface area contributed by atoms with Gasteiger partial charge in [-0.3, -0.25) is 4.79 Å². The Labute approximate surface area is 131 Å². The summed E-state index contributed by atoms with van der Waals surface area (Å²) in [6.45, 7) is 0.698. The Balaban J connectivity index is 1.87. The monoisotopic (exact) mass is 298 g/mol. The summed E-state index contributed by atoms with van der Waals surface area (Å²) in [6, 6.07) is 17.7. The summed E-state index contributed by atoms with van der Waals surface area (Å²) in [5.41, 5.74) is 2.77. The largest absolute Gasteiger partial charge is 0.385 e. The van der Waals surface area contributed by atoms with Crippen LogP contribution in [0, 0.1) is 0 Å². The van der Waals surface area contributed by atoms with Gasteiger partial charge in [-0.15, -0.1) is 0 Å². The van der Waals surface area contributed by atoms with E-state index in [4.69, 9.17) is 4.74 Å². The summed E-state index contributed by atoms with van der Waals surface area (Å²) in [5, 5.41) is 6.23. The van der Waals surface area contributed by atoms with Crippen molar-refractivity contribution >= 4 is 23.0 Å². The number of anilines is 3. The fourth-order valence-corrected chi connectivity index (χ4v) is 2.12. The molecular formula is C18H22N2O2. The maximum Gasteiger partial charge on any atom is 0.224 e. The first kappa shape index (κ1) is 16.0. The predicted molar refractivity (Wildman–Crippen MR) is 90.5 cm³/mol. The molecule has 0 radical (unpaired) electrons. The first-order valence-corrected chi connectivity index (χ1v) is 7.49. The summed E-state index contributed by atoms with van der Waals surface area (Å²) in [5.74, 6) is 0.0352. The van der Waals surface area contributed by atoms with Gasteiger partial charge in [0.25, 0.3) is 0 Å². The van der Waals surface area contributed by atoms with Crippen LogP contribution < -0.4 is 10.6 Å². The second-order valence-electron chi connectivity index (χ2n) is 5.07. The van der Waals surface area contributed by atoms with E-state index in [1.54, 1.807) is 7.11 Å². The number of methoxy groups -OCH3 is 1. The lowest BCUT2D eigenvalue weighted by Gasteiger charge is -2.09. The number of para-hydroxylation sites is 1. The summed E-state index contributed by atoms with van der Waals surface area (Å²) in [6.07, 6.45) is 2.25. The minimum Gasteiger partial charge on any atom is -0.385 e. The lowest BCUT2D eigenvalue weighted by Crippen LogP contribution is -2.11. The molecule has 2 aromatic rings. The van der Waals surface area contributed by atoms with Crippen molar-refractivity contribution in [3.8, 4) is 0 Å². The Bertz CT molecular complexity index is 585. The smallest absolute Gasteiger partial charge is 0.224 e. The minimum atomic E-state index is 0.0352. The van der Waals surface area contributed by atoms with Crippen LogP contribution in [0.5, 0.6) is 0 Å². The zero-order valence-corrected chi connectivity index (χ0v) is 12.8. The number of nitrogens with one attached hydrogen (secondary N) is 2. The maximum absolute atomic E-state index is 11.9. The van der Waals surface area contributed by atoms with Gasteiger partial charge >= 0.3 is 0 Å². The van der Waals surface area contributed by atoms with Crippen LogP contribution in [0.4, 0.5) is 17.1 Å². The minimum absolute atomic E-state index is 0.0352. The van der Waals surface area contributed by atoms with Gasteiger partial charge in [-0.2, -0.15) is 0 Å². The number of hydrogen-bond acceptors (Lipinski definition) is 3. The van der Waals surface area contributed by atoms with Crippen molar-refractivity contribution in [1.82, 2.24) is 0 Å². The molecule has 0 atom stereocenters. The summed E-state index contributed by atoms with van der Waals surface area (Å²) in [4.78, 5) is 11.9. The molecule has 0 fully saturated rings. The van der Waals surface area contributed by atoms with Gasteiger partial charge in [0.05, 0.1) is 0 Å². The zero-order chi connectivity index (χ0) is 15.6. The number of rotatable bonds is 8. The van der Waals surface area contributed by atoms with Gasteiger partial charge in [0.15, 0.2) is 0 Å². The van der Waals surface area contributed by atoms with Gasteiger partial charge in [0.2, 0.25) is 5.91 Å². The van der Waals surface area contributed by atoms with Crippen LogP contribution in [0.2, 0.25) is 0 Å². The van der Waals surface area contributed by atoms with Crippen molar-refractivity contribution in [2.75, 3.05) is 24.4 Å². The SMILES string of the molecule is COCCCCC(=O)Nc1cccc(Nc2ccccc2)c1. The summed E-state index contributed by atoms with van der Waals surface area (Å²) in [7, 11) is 1.67. The second-order valence-corrected chi connectivity index (χ2v) is 5.07. The quantitative estimate of drug-likeness (QED) is 0.719. The molecule has 0 aromatic heterocycles. The molecule has 0 heterocycles. The molecule has 0 aliphatic heterocycles. The Hall–Kier alpha value is -2.33. The van der Waals surface area contributed by atoms with E-state index < -0.39 is 0 Å². The van der Waals surface area contributed by atoms with Gasteiger partial charge in [0.1, 0.15) is 0 Å². The number of carbonyl (C=O) groups is 1. The Morgan fingerprint density at radius 1 is 0.955 bits per heavy atom.